The first-order chi connectivity index (χ1) is 8.61. The van der Waals surface area contributed by atoms with Gasteiger partial charge in [-0.2, -0.15) is 0 Å². The SMILES string of the molecule is Cc1nc2cc(CNCC(N)CN)ccc2n1C. The molecule has 0 fully saturated rings. The molecule has 0 aliphatic carbocycles. The fraction of sp³-hybridized carbons (Fsp3) is 0.462. The van der Waals surface area contributed by atoms with Gasteiger partial charge >= 0.3 is 0 Å². The lowest BCUT2D eigenvalue weighted by Gasteiger charge is -2.10. The van der Waals surface area contributed by atoms with Crippen molar-refractivity contribution in [2.45, 2.75) is 19.5 Å². The zero-order chi connectivity index (χ0) is 13.1. The molecule has 2 aromatic rings. The Labute approximate surface area is 107 Å². The van der Waals surface area contributed by atoms with Crippen LogP contribution in [0.1, 0.15) is 11.4 Å². The van der Waals surface area contributed by atoms with Crippen molar-refractivity contribution in [3.63, 3.8) is 0 Å². The summed E-state index contributed by atoms with van der Waals surface area (Å²) in [5, 5.41) is 3.30. The van der Waals surface area contributed by atoms with E-state index in [9.17, 15) is 0 Å². The Morgan fingerprint density at radius 3 is 2.94 bits per heavy atom. The van der Waals surface area contributed by atoms with Crippen molar-refractivity contribution < 1.29 is 0 Å². The Hall–Kier alpha value is -1.43. The molecule has 0 saturated carbocycles. The second-order valence-electron chi connectivity index (χ2n) is 4.67. The van der Waals surface area contributed by atoms with Gasteiger partial charge in [0.1, 0.15) is 5.82 Å². The molecular formula is C13H21N5. The molecule has 1 aromatic carbocycles. The van der Waals surface area contributed by atoms with Crippen LogP contribution in [0, 0.1) is 6.92 Å². The maximum atomic E-state index is 5.75. The summed E-state index contributed by atoms with van der Waals surface area (Å²) in [5.74, 6) is 1.03. The molecule has 1 unspecified atom stereocenters. The van der Waals surface area contributed by atoms with Crippen LogP contribution >= 0.6 is 0 Å². The summed E-state index contributed by atoms with van der Waals surface area (Å²) < 4.78 is 2.09. The molecule has 5 N–H and O–H groups in total. The molecule has 1 aromatic heterocycles. The highest BCUT2D eigenvalue weighted by Gasteiger charge is 2.05. The summed E-state index contributed by atoms with van der Waals surface area (Å²) in [6.45, 7) is 4.04. The first-order valence-electron chi connectivity index (χ1n) is 6.20. The fourth-order valence-corrected chi connectivity index (χ4v) is 1.96. The Morgan fingerprint density at radius 1 is 1.44 bits per heavy atom. The third kappa shape index (κ3) is 2.69. The summed E-state index contributed by atoms with van der Waals surface area (Å²) in [5.41, 5.74) is 14.6. The van der Waals surface area contributed by atoms with Crippen molar-refractivity contribution in [3.8, 4) is 0 Å². The predicted molar refractivity (Wildman–Crippen MR) is 74.2 cm³/mol. The normalized spacial score (nSPS) is 13.1. The maximum absolute atomic E-state index is 5.75. The van der Waals surface area contributed by atoms with E-state index in [0.717, 1.165) is 29.9 Å². The molecule has 1 heterocycles. The highest BCUT2D eigenvalue weighted by atomic mass is 15.0. The summed E-state index contributed by atoms with van der Waals surface area (Å²) in [7, 11) is 2.03. The standard InChI is InChI=1S/C13H21N5/c1-9-17-12-5-10(3-4-13(12)18(9)2)7-16-8-11(15)6-14/h3-5,11,16H,6-8,14-15H2,1-2H3. The van der Waals surface area contributed by atoms with Gasteiger partial charge < -0.3 is 21.4 Å². The average Bonchev–Trinajstić information content (AvgIpc) is 2.64. The molecule has 1 atom stereocenters. The number of imidazole rings is 1. The lowest BCUT2D eigenvalue weighted by molar-refractivity contribution is 0.582. The molecule has 5 heteroatoms. The number of nitrogens with one attached hydrogen (secondary N) is 1. The molecule has 0 bridgehead atoms. The summed E-state index contributed by atoms with van der Waals surface area (Å²) in [6.07, 6.45) is 0. The number of aryl methyl sites for hydroxylation is 2. The molecule has 98 valence electrons. The van der Waals surface area contributed by atoms with Crippen molar-refractivity contribution in [3.05, 3.63) is 29.6 Å². The zero-order valence-corrected chi connectivity index (χ0v) is 11.0. The molecule has 18 heavy (non-hydrogen) atoms. The first-order valence-corrected chi connectivity index (χ1v) is 6.20. The molecule has 0 aliphatic heterocycles. The smallest absolute Gasteiger partial charge is 0.106 e. The summed E-state index contributed by atoms with van der Waals surface area (Å²) in [4.78, 5) is 4.52. The van der Waals surface area contributed by atoms with E-state index < -0.39 is 0 Å². The molecule has 0 amide bonds. The second-order valence-corrected chi connectivity index (χ2v) is 4.67. The third-order valence-corrected chi connectivity index (χ3v) is 3.21. The molecule has 0 aliphatic rings. The van der Waals surface area contributed by atoms with Crippen molar-refractivity contribution in [1.82, 2.24) is 14.9 Å². The topological polar surface area (TPSA) is 81.9 Å². The van der Waals surface area contributed by atoms with Gasteiger partial charge in [0, 0.05) is 32.7 Å². The lowest BCUT2D eigenvalue weighted by atomic mass is 10.2. The Bertz CT molecular complexity index is 531. The van der Waals surface area contributed by atoms with Crippen molar-refractivity contribution >= 4 is 11.0 Å². The number of fused-ring (bicyclic) bond motifs is 1. The number of aromatic nitrogens is 2. The summed E-state index contributed by atoms with van der Waals surface area (Å²) >= 11 is 0. The van der Waals surface area contributed by atoms with Crippen LogP contribution in [0.25, 0.3) is 11.0 Å². The van der Waals surface area contributed by atoms with Crippen molar-refractivity contribution in [1.29, 1.82) is 0 Å². The molecule has 0 saturated heterocycles. The van der Waals surface area contributed by atoms with Gasteiger partial charge in [-0.3, -0.25) is 0 Å². The Kier molecular flexibility index (Phi) is 3.96. The van der Waals surface area contributed by atoms with E-state index in [1.54, 1.807) is 0 Å². The van der Waals surface area contributed by atoms with Crippen LogP contribution in [0.2, 0.25) is 0 Å². The van der Waals surface area contributed by atoms with Crippen LogP contribution < -0.4 is 16.8 Å². The largest absolute Gasteiger partial charge is 0.331 e. The van der Waals surface area contributed by atoms with E-state index in [4.69, 9.17) is 11.5 Å². The molecular weight excluding hydrogens is 226 g/mol. The van der Waals surface area contributed by atoms with Gasteiger partial charge in [-0.05, 0) is 24.6 Å². The Balaban J connectivity index is 2.06. The van der Waals surface area contributed by atoms with Gasteiger partial charge in [0.05, 0.1) is 11.0 Å². The number of benzene rings is 1. The monoisotopic (exact) mass is 247 g/mol. The van der Waals surface area contributed by atoms with Crippen molar-refractivity contribution in [2.24, 2.45) is 18.5 Å². The van der Waals surface area contributed by atoms with Gasteiger partial charge in [0.25, 0.3) is 0 Å². The van der Waals surface area contributed by atoms with Gasteiger partial charge in [-0.1, -0.05) is 6.07 Å². The number of nitrogens with zero attached hydrogens (tertiary/aromatic N) is 2. The minimum absolute atomic E-state index is 0.0193. The number of hydrogen-bond donors (Lipinski definition) is 3. The number of nitrogens with two attached hydrogens (primary N) is 2. The molecule has 0 spiro atoms. The van der Waals surface area contributed by atoms with Crippen LogP contribution in [-0.4, -0.2) is 28.7 Å². The second kappa shape index (κ2) is 5.48. The van der Waals surface area contributed by atoms with E-state index >= 15 is 0 Å². The molecule has 0 radical (unpaired) electrons. The highest BCUT2D eigenvalue weighted by Crippen LogP contribution is 2.16. The van der Waals surface area contributed by atoms with E-state index in [1.165, 1.54) is 5.56 Å². The van der Waals surface area contributed by atoms with E-state index in [2.05, 4.69) is 33.1 Å². The van der Waals surface area contributed by atoms with E-state index in [1.807, 2.05) is 14.0 Å². The minimum Gasteiger partial charge on any atom is -0.331 e. The lowest BCUT2D eigenvalue weighted by Crippen LogP contribution is -2.39. The molecule has 2 rings (SSSR count). The number of hydrogen-bond acceptors (Lipinski definition) is 4. The summed E-state index contributed by atoms with van der Waals surface area (Å²) in [6, 6.07) is 6.36. The van der Waals surface area contributed by atoms with Gasteiger partial charge in [-0.25, -0.2) is 4.98 Å². The van der Waals surface area contributed by atoms with Gasteiger partial charge in [-0.15, -0.1) is 0 Å². The third-order valence-electron chi connectivity index (χ3n) is 3.21. The van der Waals surface area contributed by atoms with Crippen LogP contribution in [0.3, 0.4) is 0 Å². The zero-order valence-electron chi connectivity index (χ0n) is 11.0. The number of rotatable bonds is 5. The van der Waals surface area contributed by atoms with E-state index in [-0.39, 0.29) is 6.04 Å². The fourth-order valence-electron chi connectivity index (χ4n) is 1.96. The minimum atomic E-state index is 0.0193. The van der Waals surface area contributed by atoms with Crippen LogP contribution in [0.15, 0.2) is 18.2 Å². The van der Waals surface area contributed by atoms with Gasteiger partial charge in [0.15, 0.2) is 0 Å². The average molecular weight is 247 g/mol. The predicted octanol–water partition coefficient (Wildman–Crippen LogP) is 0.257. The molecule has 5 nitrogen and oxygen atoms in total. The quantitative estimate of drug-likeness (QED) is 0.708. The first kappa shape index (κ1) is 13.0. The van der Waals surface area contributed by atoms with Crippen molar-refractivity contribution in [2.75, 3.05) is 13.1 Å². The van der Waals surface area contributed by atoms with Crippen LogP contribution in [0.5, 0.6) is 0 Å². The highest BCUT2D eigenvalue weighted by molar-refractivity contribution is 5.76. The van der Waals surface area contributed by atoms with Gasteiger partial charge in [0.2, 0.25) is 0 Å². The Morgan fingerprint density at radius 2 is 2.22 bits per heavy atom. The van der Waals surface area contributed by atoms with Crippen LogP contribution in [-0.2, 0) is 13.6 Å². The van der Waals surface area contributed by atoms with Crippen LogP contribution in [0.4, 0.5) is 0 Å². The maximum Gasteiger partial charge on any atom is 0.106 e. The van der Waals surface area contributed by atoms with E-state index in [0.29, 0.717) is 6.54 Å².